The Balaban J connectivity index is 1.21. The van der Waals surface area contributed by atoms with Gasteiger partial charge in [0.05, 0.1) is 0 Å². The average Bonchev–Trinajstić information content (AvgIpc) is 3.35. The van der Waals surface area contributed by atoms with Gasteiger partial charge in [-0.1, -0.05) is 227 Å². The summed E-state index contributed by atoms with van der Waals surface area (Å²) in [4.78, 5) is 0. The molecule has 0 nitrogen and oxygen atoms in total. The van der Waals surface area contributed by atoms with Crippen molar-refractivity contribution < 1.29 is 0 Å². The van der Waals surface area contributed by atoms with Gasteiger partial charge in [-0.2, -0.15) is 0 Å². The van der Waals surface area contributed by atoms with Gasteiger partial charge in [-0.15, -0.1) is 0 Å². The van der Waals surface area contributed by atoms with Gasteiger partial charge >= 0.3 is 0 Å². The van der Waals surface area contributed by atoms with Crippen molar-refractivity contribution in [2.45, 2.75) is 90.9 Å². The minimum atomic E-state index is -0.310. The first-order chi connectivity index (χ1) is 32.5. The van der Waals surface area contributed by atoms with Gasteiger partial charge in [0.15, 0.2) is 0 Å². The molecule has 12 bridgehead atoms. The van der Waals surface area contributed by atoms with E-state index in [1.54, 1.807) is 0 Å². The number of hydrogen-bond acceptors (Lipinski definition) is 0. The molecule has 0 unspecified atom stereocenters. The van der Waals surface area contributed by atoms with E-state index in [2.05, 4.69) is 251 Å². The molecule has 0 saturated heterocycles. The molecule has 10 aromatic carbocycles. The maximum absolute atomic E-state index is 2.60. The molecule has 0 heteroatoms. The molecule has 0 atom stereocenters. The van der Waals surface area contributed by atoms with Crippen molar-refractivity contribution in [3.8, 4) is 66.8 Å². The smallest absolute Gasteiger partial charge is 0.0149 e. The van der Waals surface area contributed by atoms with Crippen molar-refractivity contribution in [2.75, 3.05) is 0 Å². The van der Waals surface area contributed by atoms with Crippen LogP contribution in [0.1, 0.15) is 103 Å². The maximum atomic E-state index is 2.60. The van der Waals surface area contributed by atoms with Crippen LogP contribution in [0.25, 0.3) is 99.1 Å². The van der Waals surface area contributed by atoms with Crippen LogP contribution in [-0.4, -0.2) is 0 Å². The summed E-state index contributed by atoms with van der Waals surface area (Å²) in [6.45, 7) is 23.5. The first-order valence-electron chi connectivity index (χ1n) is 24.7. The molecule has 4 aliphatic carbocycles. The van der Waals surface area contributed by atoms with E-state index in [1.165, 1.54) is 132 Å². The lowest BCUT2D eigenvalue weighted by atomic mass is 9.67. The van der Waals surface area contributed by atoms with E-state index in [9.17, 15) is 0 Å². The Morgan fingerprint density at radius 1 is 0.279 bits per heavy atom. The Morgan fingerprint density at radius 3 is 0.868 bits per heavy atom. The highest BCUT2D eigenvalue weighted by Crippen LogP contribution is 2.51. The molecule has 0 aliphatic heterocycles. The molecule has 0 fully saturated rings. The molecule has 0 N–H and O–H groups in total. The van der Waals surface area contributed by atoms with Crippen LogP contribution in [0.3, 0.4) is 0 Å². The Kier molecular flexibility index (Phi) is 9.18. The fraction of sp³-hybridized carbons (Fsp3) is 0.206. The summed E-state index contributed by atoms with van der Waals surface area (Å²) in [6, 6.07) is 71.3. The molecule has 332 valence electrons. The first kappa shape index (κ1) is 42.3. The van der Waals surface area contributed by atoms with Gasteiger partial charge in [0.1, 0.15) is 0 Å². The zero-order chi connectivity index (χ0) is 47.1. The number of rotatable bonds is 2. The maximum Gasteiger partial charge on any atom is 0.0149 e. The molecular weight excluding hydrogens is 817 g/mol. The lowest BCUT2D eigenvalue weighted by molar-refractivity contribution is 0.580. The Morgan fingerprint density at radius 2 is 0.559 bits per heavy atom. The van der Waals surface area contributed by atoms with E-state index in [4.69, 9.17) is 0 Å². The predicted molar refractivity (Wildman–Crippen MR) is 293 cm³/mol. The van der Waals surface area contributed by atoms with Gasteiger partial charge in [-0.05, 0) is 168 Å². The van der Waals surface area contributed by atoms with Crippen molar-refractivity contribution in [1.82, 2.24) is 0 Å². The van der Waals surface area contributed by atoms with Crippen LogP contribution in [0.5, 0.6) is 0 Å². The third-order valence-electron chi connectivity index (χ3n) is 16.1. The summed E-state index contributed by atoms with van der Waals surface area (Å²) in [5, 5.41) is 7.74. The summed E-state index contributed by atoms with van der Waals surface area (Å²) < 4.78 is 0. The molecule has 0 spiro atoms. The minimum Gasteiger partial charge on any atom is -0.0610 e. The van der Waals surface area contributed by atoms with Crippen LogP contribution in [0, 0.1) is 0 Å². The standard InChI is InChI=1S/C68H60/c1-65(2,3)47-27-17-41(18-28-47)51-13-11-15-53-43-21-31-49(32-22-43)67(7,8)61-39-59-57-37-45(63(51)53)25-35-55(57)56-36-26-46-38-58(56)60(59)40-62(61)68(9,10)50-33-23-44(24-34-50)54-16-12-14-52(64(46)54)42-19-29-48(30-20-42)66(4,5)6/h11-40H,1-10H3. The van der Waals surface area contributed by atoms with Crippen LogP contribution in [0.15, 0.2) is 182 Å². The van der Waals surface area contributed by atoms with E-state index in [-0.39, 0.29) is 21.7 Å². The highest BCUT2D eigenvalue weighted by Gasteiger charge is 2.35. The van der Waals surface area contributed by atoms with Crippen LogP contribution in [-0.2, 0) is 21.7 Å². The van der Waals surface area contributed by atoms with Crippen molar-refractivity contribution >= 4 is 32.3 Å². The third-order valence-corrected chi connectivity index (χ3v) is 16.1. The van der Waals surface area contributed by atoms with E-state index >= 15 is 0 Å². The average molecular weight is 877 g/mol. The molecule has 0 amide bonds. The SMILES string of the molecule is CC(C)(C)c1ccc(-c2cccc3c2-c2ccc4c5ccc6cc5c5cc(c(cc5c4c2)C(C)(C)c2ccc-3cc2)C(C)(C)c2ccc(cc2)-c2cccc(-c3ccc(C(C)(C)C)cc3)c2-6)cc1. The van der Waals surface area contributed by atoms with Gasteiger partial charge in [0.2, 0.25) is 0 Å². The molecule has 4 aliphatic rings. The highest BCUT2D eigenvalue weighted by molar-refractivity contribution is 6.27. The van der Waals surface area contributed by atoms with Crippen molar-refractivity contribution in [1.29, 1.82) is 0 Å². The molecule has 68 heavy (non-hydrogen) atoms. The van der Waals surface area contributed by atoms with E-state index in [0.717, 1.165) is 0 Å². The fourth-order valence-electron chi connectivity index (χ4n) is 11.8. The second-order valence-corrected chi connectivity index (χ2v) is 23.0. The quantitative estimate of drug-likeness (QED) is 0.152. The van der Waals surface area contributed by atoms with Crippen LogP contribution < -0.4 is 0 Å². The fourth-order valence-corrected chi connectivity index (χ4v) is 11.8. The van der Waals surface area contributed by atoms with Crippen LogP contribution in [0.2, 0.25) is 0 Å². The topological polar surface area (TPSA) is 0 Å². The predicted octanol–water partition coefficient (Wildman–Crippen LogP) is 19.0. The summed E-state index contributed by atoms with van der Waals surface area (Å²) in [6.07, 6.45) is 0. The third kappa shape index (κ3) is 6.48. The first-order valence-corrected chi connectivity index (χ1v) is 24.7. The molecule has 10 aromatic rings. The van der Waals surface area contributed by atoms with Gasteiger partial charge in [0, 0.05) is 10.8 Å². The van der Waals surface area contributed by atoms with Crippen molar-refractivity contribution in [3.63, 3.8) is 0 Å². The van der Waals surface area contributed by atoms with E-state index in [1.807, 2.05) is 0 Å². The number of fused-ring (bicyclic) bond motifs is 5. The molecule has 0 heterocycles. The molecular formula is C68H60. The summed E-state index contributed by atoms with van der Waals surface area (Å²) in [5.74, 6) is 0. The van der Waals surface area contributed by atoms with E-state index < -0.39 is 0 Å². The minimum absolute atomic E-state index is 0.0761. The van der Waals surface area contributed by atoms with Crippen LogP contribution >= 0.6 is 0 Å². The van der Waals surface area contributed by atoms with Gasteiger partial charge in [0.25, 0.3) is 0 Å². The van der Waals surface area contributed by atoms with Gasteiger partial charge < -0.3 is 0 Å². The second-order valence-electron chi connectivity index (χ2n) is 23.0. The van der Waals surface area contributed by atoms with Crippen LogP contribution in [0.4, 0.5) is 0 Å². The van der Waals surface area contributed by atoms with Gasteiger partial charge in [-0.3, -0.25) is 0 Å². The van der Waals surface area contributed by atoms with E-state index in [0.29, 0.717) is 0 Å². The summed E-state index contributed by atoms with van der Waals surface area (Å²) in [7, 11) is 0. The Bertz CT molecular complexity index is 3430. The molecule has 14 rings (SSSR count). The second kappa shape index (κ2) is 14.7. The highest BCUT2D eigenvalue weighted by atomic mass is 14.4. The zero-order valence-electron chi connectivity index (χ0n) is 41.3. The molecule has 0 saturated carbocycles. The lowest BCUT2D eigenvalue weighted by Crippen LogP contribution is -2.28. The Labute approximate surface area is 403 Å². The lowest BCUT2D eigenvalue weighted by Gasteiger charge is -2.36. The summed E-state index contributed by atoms with van der Waals surface area (Å²) in [5.41, 5.74) is 22.5. The largest absolute Gasteiger partial charge is 0.0610 e. The monoisotopic (exact) mass is 876 g/mol. The summed E-state index contributed by atoms with van der Waals surface area (Å²) >= 11 is 0. The molecule has 0 aromatic heterocycles. The molecule has 0 radical (unpaired) electrons. The Hall–Kier alpha value is -7.02. The van der Waals surface area contributed by atoms with Crippen molar-refractivity contribution in [2.24, 2.45) is 0 Å². The zero-order valence-corrected chi connectivity index (χ0v) is 41.3. The van der Waals surface area contributed by atoms with Gasteiger partial charge in [-0.25, -0.2) is 0 Å². The van der Waals surface area contributed by atoms with Crippen molar-refractivity contribution in [3.05, 3.63) is 215 Å². The normalized spacial score (nSPS) is 14.6. The number of hydrogen-bond donors (Lipinski definition) is 0. The number of benzene rings is 10.